The highest BCUT2D eigenvalue weighted by Crippen LogP contribution is 2.32. The van der Waals surface area contributed by atoms with Gasteiger partial charge in [-0.3, -0.25) is 0 Å². The number of nitrogens with zero attached hydrogens (tertiary/aromatic N) is 3. The first-order valence-corrected chi connectivity index (χ1v) is 9.39. The number of rotatable bonds is 7. The van der Waals surface area contributed by atoms with Crippen LogP contribution in [-0.2, 0) is 6.54 Å². The first-order valence-electron chi connectivity index (χ1n) is 9.39. The van der Waals surface area contributed by atoms with Gasteiger partial charge >= 0.3 is 0 Å². The minimum Gasteiger partial charge on any atom is -0.497 e. The van der Waals surface area contributed by atoms with Gasteiger partial charge in [0.25, 0.3) is 0 Å². The molecule has 4 rings (SSSR count). The number of ether oxygens (including phenoxy) is 2. The van der Waals surface area contributed by atoms with E-state index in [2.05, 4.69) is 20.4 Å². The van der Waals surface area contributed by atoms with Gasteiger partial charge in [0, 0.05) is 24.4 Å². The van der Waals surface area contributed by atoms with Crippen molar-refractivity contribution in [3.05, 3.63) is 59.6 Å². The smallest absolute Gasteiger partial charge is 0.223 e. The lowest BCUT2D eigenvalue weighted by Gasteiger charge is -2.12. The topological polar surface area (TPSA) is 95.4 Å². The van der Waals surface area contributed by atoms with Crippen LogP contribution in [0.2, 0.25) is 0 Å². The number of hydrogen-bond acceptors (Lipinski definition) is 8. The molecule has 8 nitrogen and oxygen atoms in total. The second-order valence-corrected chi connectivity index (χ2v) is 6.73. The Kier molecular flexibility index (Phi) is 5.38. The molecule has 0 bridgehead atoms. The minimum absolute atomic E-state index is 0.448. The van der Waals surface area contributed by atoms with Crippen molar-refractivity contribution in [3.63, 3.8) is 0 Å². The number of benzene rings is 1. The van der Waals surface area contributed by atoms with Gasteiger partial charge in [-0.15, -0.1) is 0 Å². The molecule has 0 aliphatic rings. The Morgan fingerprint density at radius 3 is 2.53 bits per heavy atom. The Labute approximate surface area is 173 Å². The monoisotopic (exact) mass is 406 g/mol. The van der Waals surface area contributed by atoms with Crippen LogP contribution in [-0.4, -0.2) is 29.3 Å². The SMILES string of the molecule is COc1ccc(OC)c(CNc2ncc(-c3cc(C)no3)c(-c3ccc(C)o3)n2)c1. The van der Waals surface area contributed by atoms with Crippen LogP contribution in [0.4, 0.5) is 5.95 Å². The van der Waals surface area contributed by atoms with Crippen LogP contribution in [0, 0.1) is 13.8 Å². The van der Waals surface area contributed by atoms with Gasteiger partial charge in [-0.05, 0) is 44.2 Å². The third-order valence-electron chi connectivity index (χ3n) is 4.58. The molecular formula is C22H22N4O4. The van der Waals surface area contributed by atoms with Gasteiger partial charge < -0.3 is 23.7 Å². The molecule has 0 atom stereocenters. The fourth-order valence-electron chi connectivity index (χ4n) is 3.08. The molecule has 3 aromatic heterocycles. The number of nitrogens with one attached hydrogen (secondary N) is 1. The molecule has 0 unspecified atom stereocenters. The quantitative estimate of drug-likeness (QED) is 0.474. The summed E-state index contributed by atoms with van der Waals surface area (Å²) in [6.45, 7) is 4.21. The van der Waals surface area contributed by atoms with Crippen LogP contribution in [0.5, 0.6) is 11.5 Å². The summed E-state index contributed by atoms with van der Waals surface area (Å²) in [6, 6.07) is 11.2. The first-order chi connectivity index (χ1) is 14.6. The van der Waals surface area contributed by atoms with Crippen molar-refractivity contribution in [1.29, 1.82) is 0 Å². The van der Waals surface area contributed by atoms with E-state index in [0.29, 0.717) is 35.3 Å². The standard InChI is InChI=1S/C22H22N4O4/c1-13-9-20(30-26-13)17-12-24-22(25-21(17)19-7-5-14(2)29-19)23-11-15-10-16(27-3)6-8-18(15)28-4/h5-10,12H,11H2,1-4H3,(H,23,24,25). The molecule has 154 valence electrons. The van der Waals surface area contributed by atoms with Crippen molar-refractivity contribution in [1.82, 2.24) is 15.1 Å². The maximum absolute atomic E-state index is 5.81. The maximum Gasteiger partial charge on any atom is 0.223 e. The molecule has 1 aromatic carbocycles. The van der Waals surface area contributed by atoms with Crippen molar-refractivity contribution in [3.8, 4) is 34.3 Å². The largest absolute Gasteiger partial charge is 0.497 e. The van der Waals surface area contributed by atoms with Gasteiger partial charge in [-0.2, -0.15) is 0 Å². The summed E-state index contributed by atoms with van der Waals surface area (Å²) in [6.07, 6.45) is 1.70. The number of aromatic nitrogens is 3. The zero-order chi connectivity index (χ0) is 21.1. The molecule has 30 heavy (non-hydrogen) atoms. The second kappa shape index (κ2) is 8.28. The van der Waals surface area contributed by atoms with Gasteiger partial charge in [-0.25, -0.2) is 9.97 Å². The second-order valence-electron chi connectivity index (χ2n) is 6.73. The molecule has 0 aliphatic carbocycles. The summed E-state index contributed by atoms with van der Waals surface area (Å²) in [5.41, 5.74) is 3.02. The molecule has 1 N–H and O–H groups in total. The summed E-state index contributed by atoms with van der Waals surface area (Å²) in [5, 5.41) is 7.21. The van der Waals surface area contributed by atoms with Crippen molar-refractivity contribution < 1.29 is 18.4 Å². The third-order valence-corrected chi connectivity index (χ3v) is 4.58. The fraction of sp³-hybridized carbons (Fsp3) is 0.227. The normalized spacial score (nSPS) is 10.8. The van der Waals surface area contributed by atoms with Gasteiger partial charge in [0.2, 0.25) is 5.95 Å². The molecule has 4 aromatic rings. The molecule has 0 amide bonds. The number of furan rings is 1. The molecular weight excluding hydrogens is 384 g/mol. The zero-order valence-corrected chi connectivity index (χ0v) is 17.2. The van der Waals surface area contributed by atoms with Crippen LogP contribution in [0.1, 0.15) is 17.0 Å². The summed E-state index contributed by atoms with van der Waals surface area (Å²) >= 11 is 0. The van der Waals surface area contributed by atoms with E-state index in [9.17, 15) is 0 Å². The lowest BCUT2D eigenvalue weighted by Crippen LogP contribution is -2.06. The minimum atomic E-state index is 0.448. The Balaban J connectivity index is 1.67. The zero-order valence-electron chi connectivity index (χ0n) is 17.2. The highest BCUT2D eigenvalue weighted by molar-refractivity contribution is 5.76. The Bertz CT molecular complexity index is 1170. The van der Waals surface area contributed by atoms with Crippen LogP contribution in [0.25, 0.3) is 22.8 Å². The van der Waals surface area contributed by atoms with Gasteiger partial charge in [0.15, 0.2) is 11.5 Å². The Hall–Kier alpha value is -3.81. The lowest BCUT2D eigenvalue weighted by molar-refractivity contribution is 0.399. The Morgan fingerprint density at radius 1 is 1.00 bits per heavy atom. The van der Waals surface area contributed by atoms with E-state index in [1.165, 1.54) is 0 Å². The number of methoxy groups -OCH3 is 2. The number of hydrogen-bond donors (Lipinski definition) is 1. The first kappa shape index (κ1) is 19.5. The summed E-state index contributed by atoms with van der Waals surface area (Å²) in [7, 11) is 3.26. The van der Waals surface area contributed by atoms with Gasteiger partial charge in [-0.1, -0.05) is 5.16 Å². The van der Waals surface area contributed by atoms with E-state index < -0.39 is 0 Å². The van der Waals surface area contributed by atoms with Crippen molar-refractivity contribution >= 4 is 5.95 Å². The summed E-state index contributed by atoms with van der Waals surface area (Å²) in [5.74, 6) is 3.94. The molecule has 0 saturated carbocycles. The van der Waals surface area contributed by atoms with E-state index >= 15 is 0 Å². The maximum atomic E-state index is 5.81. The fourth-order valence-corrected chi connectivity index (χ4v) is 3.08. The van der Waals surface area contributed by atoms with Crippen LogP contribution < -0.4 is 14.8 Å². The third kappa shape index (κ3) is 3.98. The van der Waals surface area contributed by atoms with E-state index in [-0.39, 0.29) is 0 Å². The molecule has 0 aliphatic heterocycles. The molecule has 0 fully saturated rings. The van der Waals surface area contributed by atoms with E-state index in [1.807, 2.05) is 50.2 Å². The number of anilines is 1. The van der Waals surface area contributed by atoms with Crippen molar-refractivity contribution in [2.24, 2.45) is 0 Å². The van der Waals surface area contributed by atoms with Gasteiger partial charge in [0.05, 0.1) is 25.5 Å². The van der Waals surface area contributed by atoms with E-state index in [0.717, 1.165) is 28.5 Å². The predicted molar refractivity (Wildman–Crippen MR) is 112 cm³/mol. The average Bonchev–Trinajstić information content (AvgIpc) is 3.40. The number of aryl methyl sites for hydroxylation is 2. The lowest BCUT2D eigenvalue weighted by atomic mass is 10.1. The Morgan fingerprint density at radius 2 is 1.87 bits per heavy atom. The highest BCUT2D eigenvalue weighted by Gasteiger charge is 2.18. The average molecular weight is 406 g/mol. The predicted octanol–water partition coefficient (Wildman–Crippen LogP) is 4.64. The van der Waals surface area contributed by atoms with Crippen molar-refractivity contribution in [2.75, 3.05) is 19.5 Å². The van der Waals surface area contributed by atoms with E-state index in [4.69, 9.17) is 18.4 Å². The van der Waals surface area contributed by atoms with Crippen LogP contribution in [0.3, 0.4) is 0 Å². The van der Waals surface area contributed by atoms with Gasteiger partial charge in [0.1, 0.15) is 23.0 Å². The van der Waals surface area contributed by atoms with Crippen LogP contribution >= 0.6 is 0 Å². The van der Waals surface area contributed by atoms with Crippen LogP contribution in [0.15, 0.2) is 51.5 Å². The summed E-state index contributed by atoms with van der Waals surface area (Å²) in [4.78, 5) is 9.13. The molecule has 3 heterocycles. The van der Waals surface area contributed by atoms with E-state index in [1.54, 1.807) is 20.4 Å². The van der Waals surface area contributed by atoms with Crippen molar-refractivity contribution in [2.45, 2.75) is 20.4 Å². The highest BCUT2D eigenvalue weighted by atomic mass is 16.5. The molecule has 8 heteroatoms. The summed E-state index contributed by atoms with van der Waals surface area (Å²) < 4.78 is 22.0. The molecule has 0 spiro atoms. The molecule has 0 radical (unpaired) electrons. The molecule has 0 saturated heterocycles.